The molecule has 0 radical (unpaired) electrons. The topological polar surface area (TPSA) is 0 Å². The van der Waals surface area contributed by atoms with Gasteiger partial charge in [0.15, 0.2) is 0 Å². The fourth-order valence-electron chi connectivity index (χ4n) is 8.67. The lowest BCUT2D eigenvalue weighted by Crippen LogP contribution is -1.90. The molecule has 0 aliphatic carbocycles. The van der Waals surface area contributed by atoms with Crippen LogP contribution in [0.2, 0.25) is 0 Å². The van der Waals surface area contributed by atoms with Gasteiger partial charge in [-0.1, -0.05) is 267 Å². The van der Waals surface area contributed by atoms with E-state index in [0.29, 0.717) is 0 Å². The van der Waals surface area contributed by atoms with Crippen LogP contribution >= 0.6 is 0 Å². The van der Waals surface area contributed by atoms with Gasteiger partial charge in [-0.05, 0) is 124 Å². The van der Waals surface area contributed by atoms with Crippen molar-refractivity contribution in [3.8, 4) is 22.3 Å². The maximum Gasteiger partial charge on any atom is -0.0105 e. The third kappa shape index (κ3) is 9.65. The maximum absolute atomic E-state index is 2.33. The van der Waals surface area contributed by atoms with Crippen molar-refractivity contribution in [2.24, 2.45) is 0 Å². The molecule has 0 N–H and O–H groups in total. The van der Waals surface area contributed by atoms with Crippen molar-refractivity contribution in [2.75, 3.05) is 0 Å². The van der Waals surface area contributed by atoms with E-state index < -0.39 is 0 Å². The molecule has 0 aliphatic heterocycles. The Morgan fingerprint density at radius 1 is 0.212 bits per heavy atom. The molecule has 0 saturated heterocycles. The van der Waals surface area contributed by atoms with E-state index in [9.17, 15) is 0 Å². The summed E-state index contributed by atoms with van der Waals surface area (Å²) in [7, 11) is 0. The Morgan fingerprint density at radius 3 is 0.864 bits per heavy atom. The predicted molar refractivity (Wildman–Crippen MR) is 285 cm³/mol. The fraction of sp³-hybridized carbons (Fsp3) is 0. The van der Waals surface area contributed by atoms with E-state index in [-0.39, 0.29) is 0 Å². The monoisotopic (exact) mass is 840 g/mol. The van der Waals surface area contributed by atoms with E-state index >= 15 is 0 Å². The van der Waals surface area contributed by atoms with Gasteiger partial charge in [0.2, 0.25) is 0 Å². The van der Waals surface area contributed by atoms with Crippen LogP contribution in [0.5, 0.6) is 0 Å². The number of benzene rings is 10. The lowest BCUT2D eigenvalue weighted by Gasteiger charge is -2.12. The molecule has 10 aromatic rings. The summed E-state index contributed by atoms with van der Waals surface area (Å²) in [5, 5.41) is 2.42. The predicted octanol–water partition coefficient (Wildman–Crippen LogP) is 17.7. The second-order valence-corrected chi connectivity index (χ2v) is 16.5. The lowest BCUT2D eigenvalue weighted by atomic mass is 9.92. The van der Waals surface area contributed by atoms with Gasteiger partial charge in [-0.3, -0.25) is 0 Å². The molecule has 0 heterocycles. The first kappa shape index (κ1) is 41.4. The van der Waals surface area contributed by atoms with Crippen LogP contribution in [0.3, 0.4) is 0 Å². The molecule has 0 aromatic heterocycles. The first-order chi connectivity index (χ1) is 32.7. The molecule has 0 amide bonds. The molecule has 0 fully saturated rings. The Morgan fingerprint density at radius 2 is 0.485 bits per heavy atom. The Kier molecular flexibility index (Phi) is 12.5. The third-order valence-corrected chi connectivity index (χ3v) is 12.2. The molecule has 0 atom stereocenters. The molecule has 0 aliphatic rings. The van der Waals surface area contributed by atoms with Crippen LogP contribution in [0.1, 0.15) is 55.6 Å². The first-order valence-electron chi connectivity index (χ1n) is 22.6. The largest absolute Gasteiger partial charge is 0.0622 e. The van der Waals surface area contributed by atoms with Gasteiger partial charge in [0.05, 0.1) is 0 Å². The number of hydrogen-bond acceptors (Lipinski definition) is 0. The van der Waals surface area contributed by atoms with Crippen molar-refractivity contribution in [1.29, 1.82) is 0 Å². The average Bonchev–Trinajstić information content (AvgIpc) is 3.40. The van der Waals surface area contributed by atoms with Gasteiger partial charge in [0, 0.05) is 0 Å². The molecule has 0 nitrogen and oxygen atoms in total. The van der Waals surface area contributed by atoms with Crippen LogP contribution in [-0.4, -0.2) is 0 Å². The van der Waals surface area contributed by atoms with Gasteiger partial charge in [0.25, 0.3) is 0 Å². The summed E-state index contributed by atoms with van der Waals surface area (Å²) in [5.74, 6) is 0. The molecule has 66 heavy (non-hydrogen) atoms. The average molecular weight is 841 g/mol. The van der Waals surface area contributed by atoms with Gasteiger partial charge in [-0.15, -0.1) is 0 Å². The van der Waals surface area contributed by atoms with E-state index in [1.807, 2.05) is 0 Å². The van der Waals surface area contributed by atoms with E-state index in [1.165, 1.54) is 66.4 Å². The second-order valence-electron chi connectivity index (χ2n) is 16.5. The number of fused-ring (bicyclic) bond motifs is 1. The van der Waals surface area contributed by atoms with E-state index in [4.69, 9.17) is 0 Å². The first-order valence-corrected chi connectivity index (χ1v) is 22.6. The highest BCUT2D eigenvalue weighted by molar-refractivity contribution is 5.97. The number of rotatable bonds is 12. The van der Waals surface area contributed by atoms with Crippen LogP contribution in [0.4, 0.5) is 0 Å². The molecule has 0 heteroatoms. The van der Waals surface area contributed by atoms with Crippen molar-refractivity contribution in [3.63, 3.8) is 0 Å². The number of hydrogen-bond donors (Lipinski definition) is 0. The Bertz CT molecular complexity index is 3110. The lowest BCUT2D eigenvalue weighted by molar-refractivity contribution is 1.53. The van der Waals surface area contributed by atoms with Gasteiger partial charge < -0.3 is 0 Å². The summed E-state index contributed by atoms with van der Waals surface area (Å²) >= 11 is 0. The maximum atomic E-state index is 2.33. The van der Waals surface area contributed by atoms with Gasteiger partial charge in [-0.25, -0.2) is 0 Å². The molecule has 0 unspecified atom stereocenters. The molecule has 0 bridgehead atoms. The zero-order valence-electron chi connectivity index (χ0n) is 36.7. The van der Waals surface area contributed by atoms with Crippen LogP contribution in [0.15, 0.2) is 255 Å². The Balaban J connectivity index is 1.00. The molecule has 0 spiro atoms. The summed E-state index contributed by atoms with van der Waals surface area (Å²) in [6.45, 7) is 0. The molecular weight excluding hydrogens is 793 g/mol. The fourth-order valence-corrected chi connectivity index (χ4v) is 8.67. The van der Waals surface area contributed by atoms with Gasteiger partial charge in [-0.2, -0.15) is 0 Å². The summed E-state index contributed by atoms with van der Waals surface area (Å²) < 4.78 is 0. The summed E-state index contributed by atoms with van der Waals surface area (Å²) in [6, 6.07) is 91.0. The molecule has 0 saturated carbocycles. The minimum absolute atomic E-state index is 1.15. The smallest absolute Gasteiger partial charge is 0.0105 e. The molecule has 312 valence electrons. The molecular formula is C66H48. The van der Waals surface area contributed by atoms with Crippen molar-refractivity contribution in [2.45, 2.75) is 0 Å². The molecule has 10 rings (SSSR count). The van der Waals surface area contributed by atoms with E-state index in [2.05, 4.69) is 291 Å². The second kappa shape index (κ2) is 19.9. The minimum Gasteiger partial charge on any atom is -0.0622 e. The summed E-state index contributed by atoms with van der Waals surface area (Å²) in [4.78, 5) is 0. The van der Waals surface area contributed by atoms with Crippen molar-refractivity contribution in [3.05, 3.63) is 310 Å². The van der Waals surface area contributed by atoms with Crippen molar-refractivity contribution >= 4 is 58.4 Å². The zero-order chi connectivity index (χ0) is 44.3. The summed E-state index contributed by atoms with van der Waals surface area (Å²) in [6.07, 6.45) is 13.7. The van der Waals surface area contributed by atoms with Gasteiger partial charge >= 0.3 is 0 Å². The Hall–Kier alpha value is -8.58. The normalized spacial score (nSPS) is 12.0. The van der Waals surface area contributed by atoms with Crippen LogP contribution in [0.25, 0.3) is 80.6 Å². The quantitative estimate of drug-likeness (QED) is 0.108. The Labute approximate surface area is 389 Å². The van der Waals surface area contributed by atoms with E-state index in [1.54, 1.807) is 0 Å². The standard InChI is InChI=1S/C66H48/c1-5-19-49(20-6-1)53-33-39-57(40-34-53)65(55-25-9-3-10-26-55)47-61-31-15-13-23-51(61)37-43-63-45-59-29-17-18-30-60(59)46-64(63)44-38-52-24-14-16-32-62(52)48-66(56-27-11-4-12-28-56)58-41-35-54(36-42-58)50-21-7-2-8-22-50/h1-48H/b43-37?,44-38?,65-47-,66-48-. The minimum atomic E-state index is 1.15. The highest BCUT2D eigenvalue weighted by Gasteiger charge is 2.11. The highest BCUT2D eigenvalue weighted by atomic mass is 14.1. The van der Waals surface area contributed by atoms with Crippen LogP contribution < -0.4 is 0 Å². The SMILES string of the molecule is C(=Cc1ccccc1/C=C(/c1ccccc1)c1ccc(-c2ccccc2)cc1)c1cc2ccccc2cc1C=Cc1ccccc1/C=C(/c1ccccc1)c1ccc(-c2ccccc2)cc1. The van der Waals surface area contributed by atoms with Gasteiger partial charge in [0.1, 0.15) is 0 Å². The van der Waals surface area contributed by atoms with Crippen LogP contribution in [-0.2, 0) is 0 Å². The van der Waals surface area contributed by atoms with Crippen molar-refractivity contribution in [1.82, 2.24) is 0 Å². The zero-order valence-corrected chi connectivity index (χ0v) is 36.7. The summed E-state index contributed by atoms with van der Waals surface area (Å²) in [5.41, 5.74) is 18.8. The van der Waals surface area contributed by atoms with E-state index in [0.717, 1.165) is 33.4 Å². The van der Waals surface area contributed by atoms with Crippen LogP contribution in [0, 0.1) is 0 Å². The van der Waals surface area contributed by atoms with Crippen molar-refractivity contribution < 1.29 is 0 Å². The third-order valence-electron chi connectivity index (χ3n) is 12.2. The molecule has 10 aromatic carbocycles. The highest BCUT2D eigenvalue weighted by Crippen LogP contribution is 2.33.